The number of amides is 1. The molecular weight excluding hydrogens is 482 g/mol. The highest BCUT2D eigenvalue weighted by Gasteiger charge is 2.36. The number of likely N-dealkylation sites (tertiary alicyclic amines) is 1. The van der Waals surface area contributed by atoms with Crippen LogP contribution in [-0.4, -0.2) is 76.3 Å². The van der Waals surface area contributed by atoms with Gasteiger partial charge in [0.15, 0.2) is 11.5 Å². The van der Waals surface area contributed by atoms with Crippen molar-refractivity contribution >= 4 is 5.91 Å². The third kappa shape index (κ3) is 7.04. The molecule has 208 valence electrons. The van der Waals surface area contributed by atoms with Crippen LogP contribution in [0.2, 0.25) is 0 Å². The van der Waals surface area contributed by atoms with Crippen LogP contribution in [0.5, 0.6) is 17.2 Å². The highest BCUT2D eigenvalue weighted by atomic mass is 16.5. The number of methoxy groups -OCH3 is 3. The average Bonchev–Trinajstić information content (AvgIpc) is 2.96. The minimum absolute atomic E-state index is 0.0371. The summed E-state index contributed by atoms with van der Waals surface area (Å²) in [5.74, 6) is 1.72. The molecule has 1 heterocycles. The summed E-state index contributed by atoms with van der Waals surface area (Å²) in [4.78, 5) is 29.2. The van der Waals surface area contributed by atoms with Gasteiger partial charge in [-0.3, -0.25) is 4.79 Å². The number of carbonyl (C=O) groups is 1. The highest BCUT2D eigenvalue weighted by molar-refractivity contribution is 5.95. The quantitative estimate of drug-likeness (QED) is 0.308. The van der Waals surface area contributed by atoms with Crippen molar-refractivity contribution in [2.75, 3.05) is 60.6 Å². The predicted octanol–water partition coefficient (Wildman–Crippen LogP) is 5.39. The van der Waals surface area contributed by atoms with E-state index in [1.807, 2.05) is 23.1 Å². The zero-order valence-electron chi connectivity index (χ0n) is 23.6. The third-order valence-corrected chi connectivity index (χ3v) is 7.73. The Hall–Kier alpha value is -3.13. The summed E-state index contributed by atoms with van der Waals surface area (Å²) >= 11 is 0. The first-order valence-corrected chi connectivity index (χ1v) is 13.6. The largest absolute Gasteiger partial charge is 0.493 e. The van der Waals surface area contributed by atoms with E-state index in [9.17, 15) is 9.70 Å². The molecule has 0 saturated carbocycles. The summed E-state index contributed by atoms with van der Waals surface area (Å²) in [5, 5.41) is 3.30. The van der Waals surface area contributed by atoms with Gasteiger partial charge in [0, 0.05) is 24.1 Å². The number of hydrogen-bond acceptors (Lipinski definition) is 7. The van der Waals surface area contributed by atoms with Crippen molar-refractivity contribution in [3.63, 3.8) is 0 Å². The van der Waals surface area contributed by atoms with Crippen LogP contribution in [0.3, 0.4) is 0 Å². The SMILES string of the molecule is CCCN(CC(C)CCN1CCC(CN=O)(c2ccccc2)CC1)C(=O)c1cc(OC)c(OC)c(OC)c1. The van der Waals surface area contributed by atoms with Gasteiger partial charge >= 0.3 is 0 Å². The van der Waals surface area contributed by atoms with Crippen LogP contribution in [-0.2, 0) is 5.41 Å². The molecule has 0 spiro atoms. The maximum atomic E-state index is 13.5. The molecule has 8 nitrogen and oxygen atoms in total. The van der Waals surface area contributed by atoms with Crippen molar-refractivity contribution in [2.45, 2.75) is 44.9 Å². The molecule has 1 amide bonds. The summed E-state index contributed by atoms with van der Waals surface area (Å²) < 4.78 is 16.3. The molecule has 2 aromatic rings. The smallest absolute Gasteiger partial charge is 0.254 e. The second kappa shape index (κ2) is 14.1. The van der Waals surface area contributed by atoms with Gasteiger partial charge in [0.2, 0.25) is 5.75 Å². The minimum atomic E-state index is -0.157. The lowest BCUT2D eigenvalue weighted by atomic mass is 9.73. The lowest BCUT2D eigenvalue weighted by molar-refractivity contribution is 0.0721. The van der Waals surface area contributed by atoms with E-state index >= 15 is 0 Å². The topological polar surface area (TPSA) is 80.7 Å². The van der Waals surface area contributed by atoms with E-state index < -0.39 is 0 Å². The van der Waals surface area contributed by atoms with Gasteiger partial charge in [0.25, 0.3) is 5.91 Å². The fourth-order valence-corrected chi connectivity index (χ4v) is 5.46. The zero-order chi connectivity index (χ0) is 27.5. The molecule has 0 aliphatic carbocycles. The van der Waals surface area contributed by atoms with Crippen LogP contribution in [0.1, 0.15) is 55.5 Å². The molecule has 3 rings (SSSR count). The van der Waals surface area contributed by atoms with E-state index in [2.05, 4.69) is 36.1 Å². The Morgan fingerprint density at radius 3 is 2.21 bits per heavy atom. The Bertz CT molecular complexity index is 1010. The monoisotopic (exact) mass is 525 g/mol. The van der Waals surface area contributed by atoms with Crippen LogP contribution < -0.4 is 14.2 Å². The number of rotatable bonds is 14. The first-order valence-electron chi connectivity index (χ1n) is 13.6. The van der Waals surface area contributed by atoms with Crippen molar-refractivity contribution in [1.29, 1.82) is 0 Å². The Kier molecular flexibility index (Phi) is 11.0. The van der Waals surface area contributed by atoms with E-state index in [0.717, 1.165) is 45.3 Å². The molecule has 0 N–H and O–H groups in total. The predicted molar refractivity (Wildman–Crippen MR) is 151 cm³/mol. The molecule has 2 aromatic carbocycles. The Balaban J connectivity index is 1.60. The van der Waals surface area contributed by atoms with E-state index in [4.69, 9.17) is 14.2 Å². The third-order valence-electron chi connectivity index (χ3n) is 7.73. The summed E-state index contributed by atoms with van der Waals surface area (Å²) in [7, 11) is 4.66. The molecule has 0 bridgehead atoms. The molecule has 0 radical (unpaired) electrons. The average molecular weight is 526 g/mol. The van der Waals surface area contributed by atoms with Gasteiger partial charge in [-0.25, -0.2) is 0 Å². The molecule has 1 fully saturated rings. The summed E-state index contributed by atoms with van der Waals surface area (Å²) in [6.07, 6.45) is 3.73. The number of benzene rings is 2. The molecule has 38 heavy (non-hydrogen) atoms. The number of carbonyl (C=O) groups excluding carboxylic acids is 1. The molecule has 1 atom stereocenters. The lowest BCUT2D eigenvalue weighted by Crippen LogP contribution is -2.45. The van der Waals surface area contributed by atoms with Crippen LogP contribution in [0.4, 0.5) is 0 Å². The van der Waals surface area contributed by atoms with Crippen LogP contribution >= 0.6 is 0 Å². The Labute approximate surface area is 227 Å². The normalized spacial score (nSPS) is 15.9. The van der Waals surface area contributed by atoms with Gasteiger partial charge in [-0.1, -0.05) is 49.4 Å². The number of piperidine rings is 1. The van der Waals surface area contributed by atoms with E-state index in [0.29, 0.717) is 48.4 Å². The standard InChI is InChI=1S/C30H43N3O5/c1-6-15-33(29(34)24-19-26(36-3)28(38-5)27(20-24)37-4)21-23(2)12-16-32-17-13-30(14-18-32,22-31-35)25-10-8-7-9-11-25/h7-11,19-20,23H,6,12-18,21-22H2,1-5H3. The molecule has 0 aromatic heterocycles. The zero-order valence-corrected chi connectivity index (χ0v) is 23.6. The summed E-state index contributed by atoms with van der Waals surface area (Å²) in [6.45, 7) is 8.85. The van der Waals surface area contributed by atoms with Crippen LogP contribution in [0.15, 0.2) is 47.6 Å². The molecule has 1 aliphatic rings. The minimum Gasteiger partial charge on any atom is -0.493 e. The fraction of sp³-hybridized carbons (Fsp3) is 0.567. The maximum absolute atomic E-state index is 13.5. The number of nitroso groups, excluding NO2 is 1. The van der Waals surface area contributed by atoms with E-state index in [1.54, 1.807) is 33.5 Å². The van der Waals surface area contributed by atoms with Crippen molar-refractivity contribution in [3.8, 4) is 17.2 Å². The van der Waals surface area contributed by atoms with Gasteiger partial charge in [-0.05, 0) is 68.9 Å². The van der Waals surface area contributed by atoms with E-state index in [1.165, 1.54) is 5.56 Å². The van der Waals surface area contributed by atoms with Gasteiger partial charge in [0.05, 0.1) is 27.9 Å². The van der Waals surface area contributed by atoms with E-state index in [-0.39, 0.29) is 11.3 Å². The van der Waals surface area contributed by atoms with Crippen molar-refractivity contribution in [2.24, 2.45) is 11.1 Å². The maximum Gasteiger partial charge on any atom is 0.254 e. The number of ether oxygens (including phenoxy) is 3. The van der Waals surface area contributed by atoms with Gasteiger partial charge in [0.1, 0.15) is 0 Å². The summed E-state index contributed by atoms with van der Waals surface area (Å²) in [6, 6.07) is 13.8. The first-order chi connectivity index (χ1) is 18.4. The van der Waals surface area contributed by atoms with Gasteiger partial charge in [-0.2, -0.15) is 4.91 Å². The van der Waals surface area contributed by atoms with Gasteiger partial charge in [-0.15, -0.1) is 0 Å². The molecule has 8 heteroatoms. The second-order valence-corrected chi connectivity index (χ2v) is 10.3. The Morgan fingerprint density at radius 1 is 1.05 bits per heavy atom. The van der Waals surface area contributed by atoms with Crippen molar-refractivity contribution in [3.05, 3.63) is 58.5 Å². The molecular formula is C30H43N3O5. The van der Waals surface area contributed by atoms with Crippen LogP contribution in [0.25, 0.3) is 0 Å². The number of nitrogens with zero attached hydrogens (tertiary/aromatic N) is 3. The molecule has 1 aliphatic heterocycles. The van der Waals surface area contributed by atoms with Crippen molar-refractivity contribution < 1.29 is 19.0 Å². The summed E-state index contributed by atoms with van der Waals surface area (Å²) in [5.41, 5.74) is 1.58. The second-order valence-electron chi connectivity index (χ2n) is 10.3. The number of hydrogen-bond donors (Lipinski definition) is 0. The molecule has 1 unspecified atom stereocenters. The lowest BCUT2D eigenvalue weighted by Gasteiger charge is -2.41. The van der Waals surface area contributed by atoms with Gasteiger partial charge < -0.3 is 24.0 Å². The fourth-order valence-electron chi connectivity index (χ4n) is 5.46. The highest BCUT2D eigenvalue weighted by Crippen LogP contribution is 2.39. The Morgan fingerprint density at radius 2 is 1.68 bits per heavy atom. The van der Waals surface area contributed by atoms with Crippen molar-refractivity contribution in [1.82, 2.24) is 9.80 Å². The first kappa shape index (κ1) is 29.4. The molecule has 1 saturated heterocycles. The van der Waals surface area contributed by atoms with Crippen LogP contribution in [0, 0.1) is 10.8 Å².